The molecule has 0 spiro atoms. The molecule has 2 rings (SSSR count). The first-order chi connectivity index (χ1) is 7.59. The second kappa shape index (κ2) is 4.05. The van der Waals surface area contributed by atoms with Gasteiger partial charge in [0, 0.05) is 19.6 Å². The van der Waals surface area contributed by atoms with Crippen molar-refractivity contribution >= 4 is 11.9 Å². The lowest BCUT2D eigenvalue weighted by molar-refractivity contribution is -0.157. The number of carbonyl (C=O) groups is 2. The number of amides is 1. The van der Waals surface area contributed by atoms with Gasteiger partial charge in [0.05, 0.1) is 11.3 Å². The van der Waals surface area contributed by atoms with E-state index in [4.69, 9.17) is 5.11 Å². The van der Waals surface area contributed by atoms with Crippen LogP contribution < -0.4 is 5.32 Å². The Hall–Kier alpha value is -1.10. The Balaban J connectivity index is 1.96. The maximum atomic E-state index is 12.2. The summed E-state index contributed by atoms with van der Waals surface area (Å²) in [4.78, 5) is 24.6. The number of nitrogens with zero attached hydrogens (tertiary/aromatic N) is 1. The third kappa shape index (κ3) is 1.69. The van der Waals surface area contributed by atoms with Crippen LogP contribution in [0.25, 0.3) is 0 Å². The molecule has 2 saturated heterocycles. The molecule has 2 heterocycles. The minimum Gasteiger partial charge on any atom is -0.481 e. The standard InChI is InChI=1S/C11H18N2O3/c1-2-11(3-4-12-7-11)10(16)13-5-8(6-13)9(14)15/h8,12H,2-7H2,1H3,(H,14,15). The highest BCUT2D eigenvalue weighted by molar-refractivity contribution is 5.86. The molecule has 90 valence electrons. The monoisotopic (exact) mass is 226 g/mol. The van der Waals surface area contributed by atoms with Crippen LogP contribution in [-0.4, -0.2) is 48.1 Å². The molecule has 1 atom stereocenters. The predicted molar refractivity (Wildman–Crippen MR) is 57.9 cm³/mol. The number of hydrogen-bond donors (Lipinski definition) is 2. The van der Waals surface area contributed by atoms with Crippen LogP contribution >= 0.6 is 0 Å². The molecular weight excluding hydrogens is 208 g/mol. The van der Waals surface area contributed by atoms with Gasteiger partial charge in [-0.15, -0.1) is 0 Å². The zero-order chi connectivity index (χ0) is 11.8. The molecule has 16 heavy (non-hydrogen) atoms. The Morgan fingerprint density at radius 1 is 1.50 bits per heavy atom. The van der Waals surface area contributed by atoms with Gasteiger partial charge in [-0.25, -0.2) is 0 Å². The fourth-order valence-corrected chi connectivity index (χ4v) is 2.52. The van der Waals surface area contributed by atoms with Gasteiger partial charge >= 0.3 is 5.97 Å². The smallest absolute Gasteiger partial charge is 0.310 e. The van der Waals surface area contributed by atoms with Crippen LogP contribution in [0.1, 0.15) is 19.8 Å². The van der Waals surface area contributed by atoms with E-state index in [1.165, 1.54) is 0 Å². The highest BCUT2D eigenvalue weighted by Crippen LogP contribution is 2.34. The molecule has 5 heteroatoms. The van der Waals surface area contributed by atoms with Crippen LogP contribution in [0, 0.1) is 11.3 Å². The van der Waals surface area contributed by atoms with Crippen LogP contribution in [0.4, 0.5) is 0 Å². The highest BCUT2D eigenvalue weighted by Gasteiger charge is 2.46. The fourth-order valence-electron chi connectivity index (χ4n) is 2.52. The quantitative estimate of drug-likeness (QED) is 0.706. The maximum absolute atomic E-state index is 12.2. The van der Waals surface area contributed by atoms with Gasteiger partial charge < -0.3 is 15.3 Å². The van der Waals surface area contributed by atoms with E-state index in [1.54, 1.807) is 4.90 Å². The van der Waals surface area contributed by atoms with Crippen molar-refractivity contribution in [1.29, 1.82) is 0 Å². The predicted octanol–water partition coefficient (Wildman–Crippen LogP) is -0.0809. The first-order valence-corrected chi connectivity index (χ1v) is 5.82. The lowest BCUT2D eigenvalue weighted by atomic mass is 9.81. The Morgan fingerprint density at radius 3 is 2.62 bits per heavy atom. The molecule has 0 radical (unpaired) electrons. The van der Waals surface area contributed by atoms with Gasteiger partial charge in [-0.3, -0.25) is 9.59 Å². The van der Waals surface area contributed by atoms with Crippen LogP contribution in [0.15, 0.2) is 0 Å². The fraction of sp³-hybridized carbons (Fsp3) is 0.818. The van der Waals surface area contributed by atoms with Crippen molar-refractivity contribution in [2.24, 2.45) is 11.3 Å². The van der Waals surface area contributed by atoms with Crippen molar-refractivity contribution in [3.8, 4) is 0 Å². The minimum atomic E-state index is -0.792. The Labute approximate surface area is 94.8 Å². The highest BCUT2D eigenvalue weighted by atomic mass is 16.4. The Morgan fingerprint density at radius 2 is 2.19 bits per heavy atom. The lowest BCUT2D eigenvalue weighted by Crippen LogP contribution is -2.57. The number of carboxylic acids is 1. The Kier molecular flexibility index (Phi) is 2.88. The normalized spacial score (nSPS) is 30.2. The number of nitrogens with one attached hydrogen (secondary N) is 1. The molecule has 0 aliphatic carbocycles. The molecule has 2 N–H and O–H groups in total. The number of likely N-dealkylation sites (tertiary alicyclic amines) is 1. The van der Waals surface area contributed by atoms with E-state index >= 15 is 0 Å². The molecule has 1 unspecified atom stereocenters. The van der Waals surface area contributed by atoms with E-state index in [2.05, 4.69) is 5.32 Å². The minimum absolute atomic E-state index is 0.137. The molecule has 5 nitrogen and oxygen atoms in total. The van der Waals surface area contributed by atoms with Gasteiger partial charge in [-0.2, -0.15) is 0 Å². The second-order valence-corrected chi connectivity index (χ2v) is 4.81. The largest absolute Gasteiger partial charge is 0.481 e. The third-order valence-electron chi connectivity index (χ3n) is 3.89. The van der Waals surface area contributed by atoms with Gasteiger partial charge in [-0.1, -0.05) is 6.92 Å². The zero-order valence-electron chi connectivity index (χ0n) is 9.53. The van der Waals surface area contributed by atoms with E-state index < -0.39 is 5.97 Å². The summed E-state index contributed by atoms with van der Waals surface area (Å²) in [6, 6.07) is 0. The van der Waals surface area contributed by atoms with Gasteiger partial charge in [0.1, 0.15) is 0 Å². The summed E-state index contributed by atoms with van der Waals surface area (Å²) in [5, 5.41) is 12.0. The molecular formula is C11H18N2O3. The van der Waals surface area contributed by atoms with Crippen LogP contribution in [0.3, 0.4) is 0 Å². The summed E-state index contributed by atoms with van der Waals surface area (Å²) in [6.07, 6.45) is 1.70. The Bertz CT molecular complexity index is 304. The van der Waals surface area contributed by atoms with Gasteiger partial charge in [-0.05, 0) is 19.4 Å². The summed E-state index contributed by atoms with van der Waals surface area (Å²) in [5.74, 6) is -1.01. The molecule has 1 amide bonds. The van der Waals surface area contributed by atoms with E-state index in [0.29, 0.717) is 13.1 Å². The SMILES string of the molecule is CCC1(C(=O)N2CC(C(=O)O)C2)CCNC1. The number of hydrogen-bond acceptors (Lipinski definition) is 3. The number of rotatable bonds is 3. The first-order valence-electron chi connectivity index (χ1n) is 5.82. The van der Waals surface area contributed by atoms with Crippen LogP contribution in [-0.2, 0) is 9.59 Å². The topological polar surface area (TPSA) is 69.6 Å². The molecule has 0 aromatic rings. The van der Waals surface area contributed by atoms with Crippen molar-refractivity contribution in [3.63, 3.8) is 0 Å². The number of carboxylic acid groups (broad SMARTS) is 1. The van der Waals surface area contributed by atoms with Crippen molar-refractivity contribution in [1.82, 2.24) is 10.2 Å². The average Bonchev–Trinajstić information content (AvgIpc) is 2.63. The summed E-state index contributed by atoms with van der Waals surface area (Å²) in [7, 11) is 0. The number of carbonyl (C=O) groups excluding carboxylic acids is 1. The molecule has 0 aromatic heterocycles. The lowest BCUT2D eigenvalue weighted by Gasteiger charge is -2.42. The van der Waals surface area contributed by atoms with Gasteiger partial charge in [0.2, 0.25) is 5.91 Å². The third-order valence-corrected chi connectivity index (χ3v) is 3.89. The van der Waals surface area contributed by atoms with Crippen LogP contribution in [0.5, 0.6) is 0 Å². The molecule has 0 bridgehead atoms. The first kappa shape index (κ1) is 11.4. The van der Waals surface area contributed by atoms with Crippen molar-refractivity contribution in [3.05, 3.63) is 0 Å². The molecule has 2 aliphatic rings. The number of aliphatic carboxylic acids is 1. The van der Waals surface area contributed by atoms with Crippen molar-refractivity contribution < 1.29 is 14.7 Å². The summed E-state index contributed by atoms with van der Waals surface area (Å²) >= 11 is 0. The van der Waals surface area contributed by atoms with Crippen molar-refractivity contribution in [2.75, 3.05) is 26.2 Å². The van der Waals surface area contributed by atoms with E-state index in [-0.39, 0.29) is 17.2 Å². The molecule has 0 saturated carbocycles. The molecule has 2 fully saturated rings. The van der Waals surface area contributed by atoms with Crippen LogP contribution in [0.2, 0.25) is 0 Å². The van der Waals surface area contributed by atoms with Crippen molar-refractivity contribution in [2.45, 2.75) is 19.8 Å². The maximum Gasteiger partial charge on any atom is 0.310 e. The van der Waals surface area contributed by atoms with E-state index in [0.717, 1.165) is 25.9 Å². The van der Waals surface area contributed by atoms with E-state index in [9.17, 15) is 9.59 Å². The summed E-state index contributed by atoms with van der Waals surface area (Å²) in [5.41, 5.74) is -0.274. The zero-order valence-corrected chi connectivity index (χ0v) is 9.53. The second-order valence-electron chi connectivity index (χ2n) is 4.81. The van der Waals surface area contributed by atoms with Gasteiger partial charge in [0.15, 0.2) is 0 Å². The van der Waals surface area contributed by atoms with E-state index in [1.807, 2.05) is 6.92 Å². The molecule has 0 aromatic carbocycles. The summed E-state index contributed by atoms with van der Waals surface area (Å²) in [6.45, 7) is 4.41. The van der Waals surface area contributed by atoms with Gasteiger partial charge in [0.25, 0.3) is 0 Å². The summed E-state index contributed by atoms with van der Waals surface area (Å²) < 4.78 is 0. The molecule has 2 aliphatic heterocycles. The average molecular weight is 226 g/mol.